The number of aryl methyl sites for hydroxylation is 1. The monoisotopic (exact) mass is 378 g/mol. The molecule has 0 spiro atoms. The zero-order valence-corrected chi connectivity index (χ0v) is 15.3. The summed E-state index contributed by atoms with van der Waals surface area (Å²) in [5.41, 5.74) is 2.80. The van der Waals surface area contributed by atoms with Gasteiger partial charge in [-0.05, 0) is 36.2 Å². The Hall–Kier alpha value is -3.37. The van der Waals surface area contributed by atoms with Crippen LogP contribution in [0.25, 0.3) is 0 Å². The maximum absolute atomic E-state index is 12.2. The molecule has 7 heteroatoms. The Balaban J connectivity index is 1.62. The first-order valence-corrected chi connectivity index (χ1v) is 9.97. The SMILES string of the molecule is N#Cc1ccccc1Nc1ccc(NS(=O)(=O)CCc2ccccc2)nc1. The molecule has 0 aliphatic carbocycles. The van der Waals surface area contributed by atoms with E-state index in [1.165, 1.54) is 6.20 Å². The molecule has 0 fully saturated rings. The standard InChI is InChI=1S/C20H18N4O2S/c21-14-17-8-4-5-9-19(17)23-18-10-11-20(22-15-18)24-27(25,26)13-12-16-6-2-1-3-7-16/h1-11,15,23H,12-13H2,(H,22,24). The molecule has 136 valence electrons. The molecule has 2 N–H and O–H groups in total. The van der Waals surface area contributed by atoms with E-state index in [0.717, 1.165) is 5.56 Å². The molecule has 0 unspecified atom stereocenters. The van der Waals surface area contributed by atoms with Gasteiger partial charge in [0.05, 0.1) is 28.9 Å². The minimum atomic E-state index is -3.49. The van der Waals surface area contributed by atoms with Gasteiger partial charge in [-0.1, -0.05) is 42.5 Å². The Morgan fingerprint density at radius 2 is 1.70 bits per heavy atom. The Morgan fingerprint density at radius 3 is 2.41 bits per heavy atom. The Kier molecular flexibility index (Phi) is 5.69. The van der Waals surface area contributed by atoms with Crippen LogP contribution < -0.4 is 10.0 Å². The number of anilines is 3. The van der Waals surface area contributed by atoms with Gasteiger partial charge >= 0.3 is 0 Å². The van der Waals surface area contributed by atoms with Crippen molar-refractivity contribution in [1.82, 2.24) is 4.98 Å². The number of nitrogens with zero attached hydrogens (tertiary/aromatic N) is 2. The fraction of sp³-hybridized carbons (Fsp3) is 0.100. The number of para-hydroxylation sites is 1. The average molecular weight is 378 g/mol. The number of hydrogen-bond donors (Lipinski definition) is 2. The third kappa shape index (κ3) is 5.30. The maximum Gasteiger partial charge on any atom is 0.234 e. The van der Waals surface area contributed by atoms with E-state index in [1.54, 1.807) is 30.3 Å². The molecule has 0 radical (unpaired) electrons. The van der Waals surface area contributed by atoms with Gasteiger partial charge in [0.25, 0.3) is 0 Å². The predicted octanol–water partition coefficient (Wildman–Crippen LogP) is 3.68. The smallest absolute Gasteiger partial charge is 0.234 e. The van der Waals surface area contributed by atoms with Crippen molar-refractivity contribution in [3.05, 3.63) is 84.1 Å². The summed E-state index contributed by atoms with van der Waals surface area (Å²) < 4.78 is 26.9. The highest BCUT2D eigenvalue weighted by Crippen LogP contribution is 2.20. The molecule has 0 bridgehead atoms. The molecule has 1 aromatic heterocycles. The van der Waals surface area contributed by atoms with Crippen LogP contribution in [-0.4, -0.2) is 19.2 Å². The van der Waals surface area contributed by atoms with Crippen LogP contribution in [0.3, 0.4) is 0 Å². The van der Waals surface area contributed by atoms with Crippen molar-refractivity contribution < 1.29 is 8.42 Å². The van der Waals surface area contributed by atoms with Gasteiger partial charge in [-0.25, -0.2) is 13.4 Å². The number of benzene rings is 2. The normalized spacial score (nSPS) is 10.8. The highest BCUT2D eigenvalue weighted by Gasteiger charge is 2.11. The first-order chi connectivity index (χ1) is 13.1. The Bertz CT molecular complexity index is 1040. The number of nitrogens with one attached hydrogen (secondary N) is 2. The van der Waals surface area contributed by atoms with E-state index in [1.807, 2.05) is 36.4 Å². The second-order valence-corrected chi connectivity index (χ2v) is 7.71. The topological polar surface area (TPSA) is 94.9 Å². The van der Waals surface area contributed by atoms with E-state index in [2.05, 4.69) is 21.1 Å². The number of pyridine rings is 1. The first-order valence-electron chi connectivity index (χ1n) is 8.32. The van der Waals surface area contributed by atoms with Crippen molar-refractivity contribution in [2.45, 2.75) is 6.42 Å². The number of rotatable bonds is 7. The quantitative estimate of drug-likeness (QED) is 0.654. The molecule has 0 aliphatic heterocycles. The summed E-state index contributed by atoms with van der Waals surface area (Å²) in [6, 6.07) is 22.0. The molecule has 6 nitrogen and oxygen atoms in total. The summed E-state index contributed by atoms with van der Waals surface area (Å²) in [7, 11) is -3.49. The average Bonchev–Trinajstić information content (AvgIpc) is 2.69. The van der Waals surface area contributed by atoms with E-state index in [0.29, 0.717) is 23.4 Å². The molecule has 27 heavy (non-hydrogen) atoms. The van der Waals surface area contributed by atoms with Crippen molar-refractivity contribution >= 4 is 27.2 Å². The van der Waals surface area contributed by atoms with Crippen LogP contribution in [0, 0.1) is 11.3 Å². The summed E-state index contributed by atoms with van der Waals surface area (Å²) in [6.45, 7) is 0. The molecule has 0 atom stereocenters. The van der Waals surface area contributed by atoms with Crippen LogP contribution in [0.15, 0.2) is 72.9 Å². The molecule has 0 aliphatic rings. The van der Waals surface area contributed by atoms with Crippen molar-refractivity contribution in [3.63, 3.8) is 0 Å². The van der Waals surface area contributed by atoms with Crippen molar-refractivity contribution in [2.24, 2.45) is 0 Å². The maximum atomic E-state index is 12.2. The lowest BCUT2D eigenvalue weighted by Gasteiger charge is -2.10. The molecule has 0 saturated heterocycles. The van der Waals surface area contributed by atoms with Crippen molar-refractivity contribution in [3.8, 4) is 6.07 Å². The largest absolute Gasteiger partial charge is 0.353 e. The van der Waals surface area contributed by atoms with Gasteiger partial charge in [-0.3, -0.25) is 4.72 Å². The van der Waals surface area contributed by atoms with Crippen LogP contribution in [0.5, 0.6) is 0 Å². The highest BCUT2D eigenvalue weighted by atomic mass is 32.2. The number of nitriles is 1. The van der Waals surface area contributed by atoms with Gasteiger partial charge in [0, 0.05) is 0 Å². The van der Waals surface area contributed by atoms with Crippen molar-refractivity contribution in [2.75, 3.05) is 15.8 Å². The zero-order chi connectivity index (χ0) is 19.1. The lowest BCUT2D eigenvalue weighted by atomic mass is 10.2. The van der Waals surface area contributed by atoms with Crippen LogP contribution >= 0.6 is 0 Å². The highest BCUT2D eigenvalue weighted by molar-refractivity contribution is 7.92. The van der Waals surface area contributed by atoms with Crippen LogP contribution in [0.1, 0.15) is 11.1 Å². The van der Waals surface area contributed by atoms with Crippen molar-refractivity contribution in [1.29, 1.82) is 5.26 Å². The second-order valence-electron chi connectivity index (χ2n) is 5.87. The number of aromatic nitrogens is 1. The lowest BCUT2D eigenvalue weighted by molar-refractivity contribution is 0.600. The van der Waals surface area contributed by atoms with Gasteiger partial charge in [-0.2, -0.15) is 5.26 Å². The number of sulfonamides is 1. The fourth-order valence-corrected chi connectivity index (χ4v) is 3.53. The molecular formula is C20H18N4O2S. The van der Waals surface area contributed by atoms with Gasteiger partial charge in [0.2, 0.25) is 10.0 Å². The lowest BCUT2D eigenvalue weighted by Crippen LogP contribution is -2.18. The summed E-state index contributed by atoms with van der Waals surface area (Å²) in [4.78, 5) is 4.13. The number of hydrogen-bond acceptors (Lipinski definition) is 5. The van der Waals surface area contributed by atoms with E-state index in [9.17, 15) is 8.42 Å². The van der Waals surface area contributed by atoms with E-state index < -0.39 is 10.0 Å². The summed E-state index contributed by atoms with van der Waals surface area (Å²) >= 11 is 0. The molecule has 1 heterocycles. The Labute approximate surface area is 158 Å². The minimum Gasteiger partial charge on any atom is -0.353 e. The summed E-state index contributed by atoms with van der Waals surface area (Å²) in [6.07, 6.45) is 1.95. The van der Waals surface area contributed by atoms with Crippen LogP contribution in [0.2, 0.25) is 0 Å². The fourth-order valence-electron chi connectivity index (χ4n) is 2.48. The van der Waals surface area contributed by atoms with E-state index in [-0.39, 0.29) is 11.6 Å². The molecule has 3 rings (SSSR count). The van der Waals surface area contributed by atoms with Gasteiger partial charge in [0.1, 0.15) is 11.9 Å². The summed E-state index contributed by atoms with van der Waals surface area (Å²) in [5, 5.41) is 12.2. The molecule has 0 saturated carbocycles. The first kappa shape index (κ1) is 18.4. The molecule has 2 aromatic carbocycles. The molecular weight excluding hydrogens is 360 g/mol. The second kappa shape index (κ2) is 8.34. The Morgan fingerprint density at radius 1 is 0.963 bits per heavy atom. The van der Waals surface area contributed by atoms with Gasteiger partial charge < -0.3 is 5.32 Å². The van der Waals surface area contributed by atoms with Crippen LogP contribution in [0.4, 0.5) is 17.2 Å². The molecule has 0 amide bonds. The van der Waals surface area contributed by atoms with Gasteiger partial charge in [-0.15, -0.1) is 0 Å². The van der Waals surface area contributed by atoms with E-state index in [4.69, 9.17) is 5.26 Å². The van der Waals surface area contributed by atoms with Gasteiger partial charge in [0.15, 0.2) is 0 Å². The third-order valence-corrected chi connectivity index (χ3v) is 5.11. The third-order valence-electron chi connectivity index (χ3n) is 3.85. The summed E-state index contributed by atoms with van der Waals surface area (Å²) in [5.74, 6) is 0.232. The van der Waals surface area contributed by atoms with E-state index >= 15 is 0 Å². The zero-order valence-electron chi connectivity index (χ0n) is 14.5. The predicted molar refractivity (Wildman–Crippen MR) is 106 cm³/mol. The minimum absolute atomic E-state index is 0.0196. The van der Waals surface area contributed by atoms with Crippen LogP contribution in [-0.2, 0) is 16.4 Å². The molecule has 3 aromatic rings.